The van der Waals surface area contributed by atoms with Gasteiger partial charge in [-0.3, -0.25) is 4.79 Å². The van der Waals surface area contributed by atoms with Crippen LogP contribution in [-0.4, -0.2) is 55.3 Å². The molecule has 1 aromatic rings. The minimum atomic E-state index is -3.01. The van der Waals surface area contributed by atoms with Gasteiger partial charge in [0.25, 0.3) is 5.91 Å². The number of anilines is 1. The van der Waals surface area contributed by atoms with Crippen molar-refractivity contribution in [3.63, 3.8) is 0 Å². The van der Waals surface area contributed by atoms with Gasteiger partial charge in [-0.25, -0.2) is 13.4 Å². The molecule has 1 N–H and O–H groups in total. The van der Waals surface area contributed by atoms with Crippen LogP contribution in [0.4, 0.5) is 5.69 Å². The second-order valence-corrected chi connectivity index (χ2v) is 7.06. The molecule has 0 saturated carbocycles. The monoisotopic (exact) mass is 297 g/mol. The molecule has 1 amide bonds. The number of hydrogen-bond donors (Lipinski definition) is 1. The summed E-state index contributed by atoms with van der Waals surface area (Å²) in [4.78, 5) is 18.0. The molecule has 1 fully saturated rings. The lowest BCUT2D eigenvalue weighted by Gasteiger charge is -2.19. The molecule has 1 saturated heterocycles. The van der Waals surface area contributed by atoms with Crippen LogP contribution in [0.3, 0.4) is 0 Å². The van der Waals surface area contributed by atoms with Crippen LogP contribution in [0.5, 0.6) is 0 Å². The summed E-state index contributed by atoms with van der Waals surface area (Å²) in [6.07, 6.45) is 2.11. The first-order valence-electron chi connectivity index (χ1n) is 6.71. The topological polar surface area (TPSA) is 79.4 Å². The second kappa shape index (κ2) is 6.21. The van der Waals surface area contributed by atoms with Crippen molar-refractivity contribution in [2.75, 3.05) is 36.5 Å². The molecule has 0 bridgehead atoms. The summed E-state index contributed by atoms with van der Waals surface area (Å²) in [6, 6.07) is 3.47. The number of carbonyl (C=O) groups excluding carboxylic acids is 1. The number of hydrogen-bond acceptors (Lipinski definition) is 5. The zero-order valence-electron chi connectivity index (χ0n) is 11.5. The number of rotatable bonds is 3. The summed E-state index contributed by atoms with van der Waals surface area (Å²) in [7, 11) is -3.01. The molecular weight excluding hydrogens is 278 g/mol. The van der Waals surface area contributed by atoms with E-state index in [1.807, 2.05) is 6.92 Å². The number of sulfone groups is 1. The molecule has 1 aliphatic rings. The van der Waals surface area contributed by atoms with E-state index in [0.717, 1.165) is 12.2 Å². The van der Waals surface area contributed by atoms with Crippen LogP contribution >= 0.6 is 0 Å². The van der Waals surface area contributed by atoms with Crippen molar-refractivity contribution in [1.29, 1.82) is 0 Å². The van der Waals surface area contributed by atoms with Crippen LogP contribution in [0, 0.1) is 0 Å². The minimum Gasteiger partial charge on any atom is -0.384 e. The lowest BCUT2D eigenvalue weighted by molar-refractivity contribution is 0.0762. The van der Waals surface area contributed by atoms with Gasteiger partial charge in [-0.2, -0.15) is 0 Å². The number of carbonyl (C=O) groups is 1. The van der Waals surface area contributed by atoms with Crippen molar-refractivity contribution in [1.82, 2.24) is 9.88 Å². The largest absolute Gasteiger partial charge is 0.384 e. The third kappa shape index (κ3) is 3.69. The Morgan fingerprint density at radius 1 is 1.35 bits per heavy atom. The molecule has 2 rings (SSSR count). The number of nitrogens with one attached hydrogen (secondary N) is 1. The fourth-order valence-corrected chi connectivity index (χ4v) is 3.40. The van der Waals surface area contributed by atoms with E-state index in [-0.39, 0.29) is 24.0 Å². The molecule has 0 aromatic carbocycles. The summed E-state index contributed by atoms with van der Waals surface area (Å²) >= 11 is 0. The quantitative estimate of drug-likeness (QED) is 0.891. The molecule has 0 aliphatic carbocycles. The van der Waals surface area contributed by atoms with E-state index in [9.17, 15) is 13.2 Å². The molecule has 1 aliphatic heterocycles. The molecule has 20 heavy (non-hydrogen) atoms. The number of aromatic nitrogens is 1. The van der Waals surface area contributed by atoms with Crippen molar-refractivity contribution >= 4 is 21.4 Å². The van der Waals surface area contributed by atoms with Gasteiger partial charge in [-0.1, -0.05) is 0 Å². The van der Waals surface area contributed by atoms with Crippen LogP contribution in [0.1, 0.15) is 23.8 Å². The number of pyridine rings is 1. The first kappa shape index (κ1) is 14.8. The van der Waals surface area contributed by atoms with E-state index in [1.165, 1.54) is 0 Å². The fraction of sp³-hybridized carbons (Fsp3) is 0.538. The molecule has 7 heteroatoms. The minimum absolute atomic E-state index is 0.0359. The Hall–Kier alpha value is -1.63. The van der Waals surface area contributed by atoms with Gasteiger partial charge < -0.3 is 10.2 Å². The highest BCUT2D eigenvalue weighted by atomic mass is 32.2. The number of amides is 1. The maximum Gasteiger partial charge on any atom is 0.272 e. The van der Waals surface area contributed by atoms with Gasteiger partial charge in [0.05, 0.1) is 23.4 Å². The van der Waals surface area contributed by atoms with Crippen molar-refractivity contribution in [2.45, 2.75) is 13.3 Å². The van der Waals surface area contributed by atoms with E-state index < -0.39 is 9.84 Å². The third-order valence-corrected chi connectivity index (χ3v) is 4.92. The van der Waals surface area contributed by atoms with Gasteiger partial charge in [0, 0.05) is 19.6 Å². The van der Waals surface area contributed by atoms with Gasteiger partial charge in [0.1, 0.15) is 5.69 Å². The maximum absolute atomic E-state index is 12.3. The Balaban J connectivity index is 2.06. The Morgan fingerprint density at radius 2 is 2.15 bits per heavy atom. The van der Waals surface area contributed by atoms with Crippen molar-refractivity contribution in [3.05, 3.63) is 24.0 Å². The predicted molar refractivity (Wildman–Crippen MR) is 77.6 cm³/mol. The van der Waals surface area contributed by atoms with E-state index in [2.05, 4.69) is 10.3 Å². The van der Waals surface area contributed by atoms with Gasteiger partial charge in [-0.05, 0) is 25.5 Å². The molecule has 0 atom stereocenters. The zero-order chi connectivity index (χ0) is 14.6. The van der Waals surface area contributed by atoms with Crippen molar-refractivity contribution in [2.24, 2.45) is 0 Å². The number of nitrogens with zero attached hydrogens (tertiary/aromatic N) is 2. The first-order valence-corrected chi connectivity index (χ1v) is 8.53. The van der Waals surface area contributed by atoms with E-state index in [1.54, 1.807) is 23.2 Å². The average Bonchev–Trinajstić information content (AvgIpc) is 2.60. The second-order valence-electron chi connectivity index (χ2n) is 4.76. The van der Waals surface area contributed by atoms with Crippen molar-refractivity contribution in [3.8, 4) is 0 Å². The highest BCUT2D eigenvalue weighted by Crippen LogP contribution is 2.11. The van der Waals surface area contributed by atoms with Gasteiger partial charge >= 0.3 is 0 Å². The summed E-state index contributed by atoms with van der Waals surface area (Å²) in [5.74, 6) is -0.0113. The van der Waals surface area contributed by atoms with Crippen molar-refractivity contribution < 1.29 is 13.2 Å². The molecule has 0 unspecified atom stereocenters. The Kier molecular flexibility index (Phi) is 4.59. The standard InChI is InChI=1S/C13H19N3O3S/c1-2-14-11-4-5-12(15-10-11)13(17)16-6-3-8-20(18,19)9-7-16/h4-5,10,14H,2-3,6-9H2,1H3. The highest BCUT2D eigenvalue weighted by Gasteiger charge is 2.23. The molecule has 1 aromatic heterocycles. The molecule has 0 spiro atoms. The van der Waals surface area contributed by atoms with Crippen LogP contribution in [0.15, 0.2) is 18.3 Å². The van der Waals surface area contributed by atoms with Crippen LogP contribution in [0.25, 0.3) is 0 Å². The molecular formula is C13H19N3O3S. The van der Waals surface area contributed by atoms with Gasteiger partial charge in [0.15, 0.2) is 9.84 Å². The fourth-order valence-electron chi connectivity index (χ4n) is 2.13. The maximum atomic E-state index is 12.3. The zero-order valence-corrected chi connectivity index (χ0v) is 12.3. The molecule has 110 valence electrons. The summed E-state index contributed by atoms with van der Waals surface area (Å²) in [5, 5.41) is 3.11. The predicted octanol–water partition coefficient (Wildman–Crippen LogP) is 0.774. The van der Waals surface area contributed by atoms with Crippen LogP contribution < -0.4 is 5.32 Å². The SMILES string of the molecule is CCNc1ccc(C(=O)N2CCCS(=O)(=O)CC2)nc1. The van der Waals surface area contributed by atoms with E-state index in [4.69, 9.17) is 0 Å². The van der Waals surface area contributed by atoms with Gasteiger partial charge in [-0.15, -0.1) is 0 Å². The smallest absolute Gasteiger partial charge is 0.272 e. The first-order chi connectivity index (χ1) is 9.52. The van der Waals surface area contributed by atoms with Gasteiger partial charge in [0.2, 0.25) is 0 Å². The van der Waals surface area contributed by atoms with E-state index >= 15 is 0 Å². The molecule has 2 heterocycles. The lowest BCUT2D eigenvalue weighted by Crippen LogP contribution is -2.34. The van der Waals surface area contributed by atoms with E-state index in [0.29, 0.717) is 18.7 Å². The normalized spacial score (nSPS) is 18.4. The summed E-state index contributed by atoms with van der Waals surface area (Å²) in [5.41, 5.74) is 1.22. The highest BCUT2D eigenvalue weighted by molar-refractivity contribution is 7.91. The lowest BCUT2D eigenvalue weighted by atomic mass is 10.3. The Labute approximate surface area is 119 Å². The van der Waals surface area contributed by atoms with Crippen LogP contribution in [0.2, 0.25) is 0 Å². The average molecular weight is 297 g/mol. The summed E-state index contributed by atoms with van der Waals surface area (Å²) in [6.45, 7) is 3.49. The summed E-state index contributed by atoms with van der Waals surface area (Å²) < 4.78 is 23.1. The molecule has 6 nitrogen and oxygen atoms in total. The van der Waals surface area contributed by atoms with Crippen LogP contribution in [-0.2, 0) is 9.84 Å². The Morgan fingerprint density at radius 3 is 2.80 bits per heavy atom. The third-order valence-electron chi connectivity index (χ3n) is 3.21. The Bertz CT molecular complexity index is 569. The molecule has 0 radical (unpaired) electrons.